The van der Waals surface area contributed by atoms with Crippen LogP contribution in [0, 0.1) is 0 Å². The zero-order chi connectivity index (χ0) is 27.8. The Labute approximate surface area is 225 Å². The first kappa shape index (κ1) is 36.1. The van der Waals surface area contributed by atoms with Crippen molar-refractivity contribution in [3.8, 4) is 0 Å². The average Bonchev–Trinajstić information content (AvgIpc) is 2.88. The number of rotatable bonds is 26. The van der Waals surface area contributed by atoms with Gasteiger partial charge in [-0.3, -0.25) is 13.8 Å². The Balaban J connectivity index is 4.62. The molecule has 37 heavy (non-hydrogen) atoms. The SMILES string of the molecule is CCCCC/C=C\C/C=C\CCCCCCCC(=O)C(C[14CH2]CCC)(OP(=O)(O)OCCN)[C@@H](O)CO. The summed E-state index contributed by atoms with van der Waals surface area (Å²) in [4.78, 5) is 23.4. The summed E-state index contributed by atoms with van der Waals surface area (Å²) in [6.45, 7) is 3.20. The second-order valence-corrected chi connectivity index (χ2v) is 11.0. The van der Waals surface area contributed by atoms with Gasteiger partial charge in [0.2, 0.25) is 0 Å². The maximum absolute atomic E-state index is 13.2. The van der Waals surface area contributed by atoms with Crippen LogP contribution in [0.2, 0.25) is 0 Å². The molecule has 9 heteroatoms. The summed E-state index contributed by atoms with van der Waals surface area (Å²) >= 11 is 0. The van der Waals surface area contributed by atoms with Crippen LogP contribution in [-0.4, -0.2) is 52.4 Å². The van der Waals surface area contributed by atoms with E-state index in [-0.39, 0.29) is 26.0 Å². The number of ketones is 1. The number of hydrogen-bond acceptors (Lipinski definition) is 7. The van der Waals surface area contributed by atoms with Crippen molar-refractivity contribution in [1.29, 1.82) is 0 Å². The molecule has 0 amide bonds. The van der Waals surface area contributed by atoms with Gasteiger partial charge in [0, 0.05) is 13.0 Å². The number of hydrogen-bond donors (Lipinski definition) is 4. The third kappa shape index (κ3) is 17.4. The Bertz CT molecular complexity index is 671. The van der Waals surface area contributed by atoms with Crippen LogP contribution in [0.25, 0.3) is 0 Å². The van der Waals surface area contributed by atoms with Crippen LogP contribution in [0.5, 0.6) is 0 Å². The Morgan fingerprint density at radius 1 is 1.00 bits per heavy atom. The number of unbranched alkanes of at least 4 members (excludes halogenated alkanes) is 10. The van der Waals surface area contributed by atoms with E-state index in [0.29, 0.717) is 12.8 Å². The van der Waals surface area contributed by atoms with Crippen molar-refractivity contribution in [2.45, 2.75) is 128 Å². The van der Waals surface area contributed by atoms with Crippen molar-refractivity contribution in [3.05, 3.63) is 24.3 Å². The van der Waals surface area contributed by atoms with Gasteiger partial charge in [-0.05, 0) is 51.4 Å². The van der Waals surface area contributed by atoms with E-state index in [1.54, 1.807) is 0 Å². The second-order valence-electron chi connectivity index (χ2n) is 9.63. The van der Waals surface area contributed by atoms with E-state index in [0.717, 1.165) is 57.8 Å². The van der Waals surface area contributed by atoms with Crippen molar-refractivity contribution < 1.29 is 33.5 Å². The van der Waals surface area contributed by atoms with Gasteiger partial charge in [-0.2, -0.15) is 0 Å². The standard InChI is InChI=1S/C28H54NO7P/c1-3-5-7-8-9-10-11-12-13-14-15-16-17-18-19-21-26(31)28(27(32)25-30,22-20-6-4-2)36-37(33,34)35-24-23-29/h9-10,12-13,27,30,32H,3-8,11,14-25,29H2,1-2H3,(H,33,34)/b10-9-,13-12-/t27-,28?/m0/s1/i20+2. The smallest absolute Gasteiger partial charge is 0.394 e. The molecule has 0 heterocycles. The van der Waals surface area contributed by atoms with Crippen LogP contribution >= 0.6 is 7.82 Å². The first-order valence-electron chi connectivity index (χ1n) is 14.3. The monoisotopic (exact) mass is 549 g/mol. The molecule has 0 rings (SSSR count). The molecule has 0 aromatic carbocycles. The highest BCUT2D eigenvalue weighted by atomic mass is 31.2. The van der Waals surface area contributed by atoms with Crippen molar-refractivity contribution >= 4 is 13.6 Å². The number of aliphatic hydroxyl groups is 2. The molecule has 0 fully saturated rings. The molecule has 8 nitrogen and oxygen atoms in total. The van der Waals surface area contributed by atoms with Gasteiger partial charge >= 0.3 is 7.82 Å². The molecule has 0 aliphatic carbocycles. The van der Waals surface area contributed by atoms with Gasteiger partial charge in [0.1, 0.15) is 6.10 Å². The molecule has 3 atom stereocenters. The molecule has 0 bridgehead atoms. The Hall–Kier alpha value is -0.860. The lowest BCUT2D eigenvalue weighted by atomic mass is 9.88. The Kier molecular flexibility index (Phi) is 22.5. The van der Waals surface area contributed by atoms with E-state index in [1.165, 1.54) is 19.3 Å². The summed E-state index contributed by atoms with van der Waals surface area (Å²) in [6.07, 6.45) is 21.0. The van der Waals surface area contributed by atoms with Crippen LogP contribution in [0.4, 0.5) is 0 Å². The normalized spacial score (nSPS) is 16.3. The van der Waals surface area contributed by atoms with Crippen LogP contribution in [0.1, 0.15) is 117 Å². The lowest BCUT2D eigenvalue weighted by Gasteiger charge is -2.36. The zero-order valence-corrected chi connectivity index (χ0v) is 24.2. The molecule has 0 aliphatic rings. The lowest BCUT2D eigenvalue weighted by molar-refractivity contribution is -0.154. The quantitative estimate of drug-likeness (QED) is 0.0574. The molecule has 0 spiro atoms. The van der Waals surface area contributed by atoms with Crippen LogP contribution in [0.15, 0.2) is 24.3 Å². The highest BCUT2D eigenvalue weighted by molar-refractivity contribution is 7.47. The zero-order valence-electron chi connectivity index (χ0n) is 23.3. The van der Waals surface area contributed by atoms with Gasteiger partial charge in [0.05, 0.1) is 13.2 Å². The maximum Gasteiger partial charge on any atom is 0.473 e. The molecular formula is C28H54NO7P. The molecule has 2 unspecified atom stereocenters. The minimum absolute atomic E-state index is 0.000784. The van der Waals surface area contributed by atoms with E-state index in [4.69, 9.17) is 14.8 Å². The number of phosphoric ester groups is 1. The fraction of sp³-hybridized carbons (Fsp3) is 0.821. The predicted molar refractivity (Wildman–Crippen MR) is 150 cm³/mol. The van der Waals surface area contributed by atoms with E-state index >= 15 is 0 Å². The minimum Gasteiger partial charge on any atom is -0.394 e. The van der Waals surface area contributed by atoms with Gasteiger partial charge in [0.15, 0.2) is 11.4 Å². The molecule has 0 saturated heterocycles. The average molecular weight is 550 g/mol. The van der Waals surface area contributed by atoms with Gasteiger partial charge in [-0.25, -0.2) is 4.57 Å². The number of phosphoric acid groups is 1. The molecule has 0 radical (unpaired) electrons. The number of carbonyl (C=O) groups excluding carboxylic acids is 1. The van der Waals surface area contributed by atoms with Gasteiger partial charge in [0.25, 0.3) is 0 Å². The molecule has 218 valence electrons. The van der Waals surface area contributed by atoms with Crippen molar-refractivity contribution in [3.63, 3.8) is 0 Å². The number of allylic oxidation sites excluding steroid dienone is 4. The molecule has 0 saturated carbocycles. The lowest BCUT2D eigenvalue weighted by Crippen LogP contribution is -2.53. The van der Waals surface area contributed by atoms with Crippen molar-refractivity contribution in [2.24, 2.45) is 5.73 Å². The molecule has 0 aromatic heterocycles. The van der Waals surface area contributed by atoms with E-state index in [2.05, 4.69) is 31.2 Å². The largest absolute Gasteiger partial charge is 0.473 e. The third-order valence-corrected chi connectivity index (χ3v) is 7.41. The fourth-order valence-electron chi connectivity index (χ4n) is 4.14. The number of Topliss-reactive ketones (excluding diaryl/α,β-unsaturated/α-hetero) is 1. The van der Waals surface area contributed by atoms with Gasteiger partial charge < -0.3 is 20.8 Å². The summed E-state index contributed by atoms with van der Waals surface area (Å²) in [7, 11) is -4.66. The maximum atomic E-state index is 13.2. The highest BCUT2D eigenvalue weighted by Crippen LogP contribution is 2.50. The fourth-order valence-corrected chi connectivity index (χ4v) is 5.26. The number of carbonyl (C=O) groups is 1. The summed E-state index contributed by atoms with van der Waals surface area (Å²) in [5.74, 6) is -0.485. The number of nitrogens with two attached hydrogens (primary N) is 1. The first-order valence-corrected chi connectivity index (χ1v) is 15.8. The van der Waals surface area contributed by atoms with Gasteiger partial charge in [-0.15, -0.1) is 0 Å². The topological polar surface area (TPSA) is 139 Å². The summed E-state index contributed by atoms with van der Waals surface area (Å²) in [6, 6.07) is 0. The molecule has 0 aliphatic heterocycles. The summed E-state index contributed by atoms with van der Waals surface area (Å²) in [5.41, 5.74) is 3.35. The van der Waals surface area contributed by atoms with Crippen LogP contribution < -0.4 is 5.73 Å². The summed E-state index contributed by atoms with van der Waals surface area (Å²) in [5, 5.41) is 20.2. The Morgan fingerprint density at radius 3 is 2.22 bits per heavy atom. The van der Waals surface area contributed by atoms with E-state index in [1.807, 2.05) is 6.92 Å². The minimum atomic E-state index is -4.66. The summed E-state index contributed by atoms with van der Waals surface area (Å²) < 4.78 is 22.6. The first-order chi connectivity index (χ1) is 17.8. The third-order valence-electron chi connectivity index (χ3n) is 6.34. The molecule has 5 N–H and O–H groups in total. The second kappa shape index (κ2) is 23.1. The predicted octanol–water partition coefficient (Wildman–Crippen LogP) is 6.13. The van der Waals surface area contributed by atoms with Gasteiger partial charge in [-0.1, -0.05) is 83.1 Å². The van der Waals surface area contributed by atoms with E-state index in [9.17, 15) is 24.5 Å². The molecular weight excluding hydrogens is 495 g/mol. The Morgan fingerprint density at radius 2 is 1.62 bits per heavy atom. The van der Waals surface area contributed by atoms with E-state index < -0.39 is 31.9 Å². The van der Waals surface area contributed by atoms with Crippen LogP contribution in [0.3, 0.4) is 0 Å². The van der Waals surface area contributed by atoms with Crippen LogP contribution in [-0.2, 0) is 18.4 Å². The van der Waals surface area contributed by atoms with Crippen molar-refractivity contribution in [2.75, 3.05) is 19.8 Å². The number of aliphatic hydroxyl groups excluding tert-OH is 2. The van der Waals surface area contributed by atoms with Crippen molar-refractivity contribution in [1.82, 2.24) is 0 Å². The highest BCUT2D eigenvalue weighted by Gasteiger charge is 2.50. The molecule has 0 aromatic rings.